The predicted molar refractivity (Wildman–Crippen MR) is 81.3 cm³/mol. The molecule has 1 fully saturated rings. The molecule has 2 nitrogen and oxygen atoms in total. The molecule has 0 unspecified atom stereocenters. The molecule has 1 aliphatic carbocycles. The van der Waals surface area contributed by atoms with Gasteiger partial charge < -0.3 is 5.73 Å². The van der Waals surface area contributed by atoms with Crippen LogP contribution in [0.5, 0.6) is 0 Å². The Kier molecular flexibility index (Phi) is 3.67. The lowest BCUT2D eigenvalue weighted by atomic mass is 9.80. The molecule has 1 aromatic carbocycles. The Morgan fingerprint density at radius 3 is 2.58 bits per heavy atom. The normalized spacial score (nSPS) is 18.4. The van der Waals surface area contributed by atoms with Crippen LogP contribution in [0, 0.1) is 0 Å². The number of nitrogens with zero attached hydrogens (tertiary/aromatic N) is 1. The third kappa shape index (κ3) is 3.04. The molecule has 0 radical (unpaired) electrons. The van der Waals surface area contributed by atoms with Gasteiger partial charge in [-0.2, -0.15) is 0 Å². The van der Waals surface area contributed by atoms with E-state index in [1.54, 1.807) is 11.3 Å². The summed E-state index contributed by atoms with van der Waals surface area (Å²) >= 11 is 1.75. The van der Waals surface area contributed by atoms with Crippen molar-refractivity contribution in [1.29, 1.82) is 0 Å². The summed E-state index contributed by atoms with van der Waals surface area (Å²) in [5, 5.41) is 3.33. The van der Waals surface area contributed by atoms with Crippen LogP contribution >= 0.6 is 11.3 Å². The highest BCUT2D eigenvalue weighted by Gasteiger charge is 2.28. The minimum absolute atomic E-state index is 0.00986. The molecule has 100 valence electrons. The highest BCUT2D eigenvalue weighted by atomic mass is 32.1. The number of hydrogen-bond donors (Lipinski definition) is 1. The number of hydrogen-bond acceptors (Lipinski definition) is 3. The molecule has 19 heavy (non-hydrogen) atoms. The van der Waals surface area contributed by atoms with Crippen molar-refractivity contribution in [2.75, 3.05) is 0 Å². The van der Waals surface area contributed by atoms with Crippen molar-refractivity contribution < 1.29 is 0 Å². The Labute approximate surface area is 118 Å². The van der Waals surface area contributed by atoms with E-state index in [-0.39, 0.29) is 5.54 Å². The first-order valence-electron chi connectivity index (χ1n) is 7.04. The van der Waals surface area contributed by atoms with Crippen molar-refractivity contribution in [3.05, 3.63) is 40.7 Å². The Balaban J connectivity index is 1.75. The lowest BCUT2D eigenvalue weighted by Crippen LogP contribution is -2.43. The lowest BCUT2D eigenvalue weighted by molar-refractivity contribution is 0.294. The Morgan fingerprint density at radius 2 is 1.84 bits per heavy atom. The highest BCUT2D eigenvalue weighted by molar-refractivity contribution is 7.09. The summed E-state index contributed by atoms with van der Waals surface area (Å²) in [5.74, 6) is 0. The smallest absolute Gasteiger partial charge is 0.0950 e. The summed E-state index contributed by atoms with van der Waals surface area (Å²) < 4.78 is 0. The Bertz CT molecular complexity index is 527. The molecule has 2 N–H and O–H groups in total. The fraction of sp³-hybridized carbons (Fsp3) is 0.438. The van der Waals surface area contributed by atoms with Gasteiger partial charge >= 0.3 is 0 Å². The van der Waals surface area contributed by atoms with E-state index < -0.39 is 0 Å². The average Bonchev–Trinajstić information content (AvgIpc) is 2.88. The first-order valence-corrected chi connectivity index (χ1v) is 7.92. The Morgan fingerprint density at radius 1 is 1.11 bits per heavy atom. The van der Waals surface area contributed by atoms with E-state index in [4.69, 9.17) is 10.7 Å². The molecular formula is C16H20N2S. The molecule has 0 spiro atoms. The summed E-state index contributed by atoms with van der Waals surface area (Å²) in [6.45, 7) is 0. The standard InChI is InChI=1S/C16H20N2S/c17-16(9-5-2-6-10-16)11-15-18-14(12-19-15)13-7-3-1-4-8-13/h1,3-4,7-8,12H,2,5-6,9-11,17H2. The van der Waals surface area contributed by atoms with E-state index in [2.05, 4.69) is 29.6 Å². The maximum Gasteiger partial charge on any atom is 0.0950 e. The molecule has 1 saturated carbocycles. The van der Waals surface area contributed by atoms with Gasteiger partial charge in [0.1, 0.15) is 0 Å². The van der Waals surface area contributed by atoms with Gasteiger partial charge in [0.15, 0.2) is 0 Å². The molecule has 3 rings (SSSR count). The molecule has 1 aliphatic rings. The van der Waals surface area contributed by atoms with Crippen LogP contribution < -0.4 is 5.73 Å². The number of aromatic nitrogens is 1. The third-order valence-electron chi connectivity index (χ3n) is 3.97. The first-order chi connectivity index (χ1) is 9.25. The van der Waals surface area contributed by atoms with Gasteiger partial charge in [-0.05, 0) is 12.8 Å². The third-order valence-corrected chi connectivity index (χ3v) is 4.82. The Hall–Kier alpha value is -1.19. The fourth-order valence-electron chi connectivity index (χ4n) is 2.87. The molecule has 0 amide bonds. The van der Waals surface area contributed by atoms with Crippen molar-refractivity contribution in [3.8, 4) is 11.3 Å². The van der Waals surface area contributed by atoms with Crippen molar-refractivity contribution in [2.24, 2.45) is 5.73 Å². The summed E-state index contributed by atoms with van der Waals surface area (Å²) in [6.07, 6.45) is 7.11. The minimum atomic E-state index is -0.00986. The van der Waals surface area contributed by atoms with E-state index in [0.717, 1.165) is 25.0 Å². The molecule has 1 heterocycles. The van der Waals surface area contributed by atoms with E-state index >= 15 is 0 Å². The van der Waals surface area contributed by atoms with Crippen molar-refractivity contribution in [1.82, 2.24) is 4.98 Å². The van der Waals surface area contributed by atoms with Gasteiger partial charge in [0.05, 0.1) is 10.7 Å². The van der Waals surface area contributed by atoms with E-state index in [1.165, 1.54) is 29.8 Å². The monoisotopic (exact) mass is 272 g/mol. The van der Waals surface area contributed by atoms with Crippen molar-refractivity contribution >= 4 is 11.3 Å². The van der Waals surface area contributed by atoms with E-state index in [0.29, 0.717) is 0 Å². The summed E-state index contributed by atoms with van der Waals surface area (Å²) in [6, 6.07) is 10.4. The first kappa shape index (κ1) is 12.8. The quantitative estimate of drug-likeness (QED) is 0.916. The van der Waals surface area contributed by atoms with Crippen LogP contribution in [0.15, 0.2) is 35.7 Å². The second-order valence-electron chi connectivity index (χ2n) is 5.59. The number of nitrogens with two attached hydrogens (primary N) is 1. The van der Waals surface area contributed by atoms with E-state index in [1.807, 2.05) is 6.07 Å². The molecule has 1 aromatic heterocycles. The zero-order valence-electron chi connectivity index (χ0n) is 11.1. The minimum Gasteiger partial charge on any atom is -0.325 e. The molecule has 0 saturated heterocycles. The predicted octanol–water partition coefficient (Wildman–Crippen LogP) is 4.01. The van der Waals surface area contributed by atoms with Crippen LogP contribution in [0.1, 0.15) is 37.1 Å². The van der Waals surface area contributed by atoms with Crippen LogP contribution in [-0.4, -0.2) is 10.5 Å². The highest BCUT2D eigenvalue weighted by Crippen LogP contribution is 2.31. The summed E-state index contributed by atoms with van der Waals surface area (Å²) in [7, 11) is 0. The van der Waals surface area contributed by atoms with Crippen LogP contribution in [0.2, 0.25) is 0 Å². The molecular weight excluding hydrogens is 252 g/mol. The number of rotatable bonds is 3. The molecule has 0 bridgehead atoms. The molecule has 0 atom stereocenters. The van der Waals surface area contributed by atoms with E-state index in [9.17, 15) is 0 Å². The zero-order valence-corrected chi connectivity index (χ0v) is 12.0. The van der Waals surface area contributed by atoms with Gasteiger partial charge in [-0.1, -0.05) is 49.6 Å². The molecule has 0 aliphatic heterocycles. The van der Waals surface area contributed by atoms with Gasteiger partial charge in [0.25, 0.3) is 0 Å². The van der Waals surface area contributed by atoms with Crippen LogP contribution in [0.3, 0.4) is 0 Å². The number of thiazole rings is 1. The topological polar surface area (TPSA) is 38.9 Å². The van der Waals surface area contributed by atoms with Crippen molar-refractivity contribution in [3.63, 3.8) is 0 Å². The fourth-order valence-corrected chi connectivity index (χ4v) is 3.83. The van der Waals surface area contributed by atoms with Gasteiger partial charge in [-0.3, -0.25) is 0 Å². The lowest BCUT2D eigenvalue weighted by Gasteiger charge is -2.32. The second-order valence-corrected chi connectivity index (χ2v) is 6.53. The maximum atomic E-state index is 6.51. The number of benzene rings is 1. The summed E-state index contributed by atoms with van der Waals surface area (Å²) in [5.41, 5.74) is 8.77. The SMILES string of the molecule is NC1(Cc2nc(-c3ccccc3)cs2)CCCCC1. The second kappa shape index (κ2) is 5.43. The van der Waals surface area contributed by atoms with Crippen LogP contribution in [0.4, 0.5) is 0 Å². The molecule has 3 heteroatoms. The van der Waals surface area contributed by atoms with Gasteiger partial charge in [-0.15, -0.1) is 11.3 Å². The van der Waals surface area contributed by atoms with Crippen molar-refractivity contribution in [2.45, 2.75) is 44.1 Å². The van der Waals surface area contributed by atoms with Crippen LogP contribution in [0.25, 0.3) is 11.3 Å². The molecule has 2 aromatic rings. The van der Waals surface area contributed by atoms with Crippen LogP contribution in [-0.2, 0) is 6.42 Å². The zero-order chi connectivity index (χ0) is 13.1. The van der Waals surface area contributed by atoms with Gasteiger partial charge in [0.2, 0.25) is 0 Å². The average molecular weight is 272 g/mol. The van der Waals surface area contributed by atoms with Gasteiger partial charge in [0, 0.05) is 22.9 Å². The summed E-state index contributed by atoms with van der Waals surface area (Å²) in [4.78, 5) is 4.76. The van der Waals surface area contributed by atoms with Gasteiger partial charge in [-0.25, -0.2) is 4.98 Å². The largest absolute Gasteiger partial charge is 0.325 e. The maximum absolute atomic E-state index is 6.51.